The maximum absolute atomic E-state index is 12.7. The van der Waals surface area contributed by atoms with Gasteiger partial charge >= 0.3 is 6.09 Å². The molecule has 1 aromatic rings. The number of anilines is 2. The highest BCUT2D eigenvalue weighted by Crippen LogP contribution is 2.43. The molecular formula is C19H27N5O3. The summed E-state index contributed by atoms with van der Waals surface area (Å²) >= 11 is 0. The standard InChI is InChI=1S/C19H27N5O3/c1-18(2,3)27-17(26)24-11-6-7-12(24)9-23(8-11)15-13-14(20-10-21-15)22-16(25)19(13,4)5/h10-12H,6-9H2,1-5H3,(H,20,21,22,25). The molecule has 4 rings (SSSR count). The highest BCUT2D eigenvalue weighted by atomic mass is 16.6. The van der Waals surface area contributed by atoms with Crippen molar-refractivity contribution in [2.75, 3.05) is 23.3 Å². The van der Waals surface area contributed by atoms with E-state index in [2.05, 4.69) is 20.2 Å². The van der Waals surface area contributed by atoms with Crippen molar-refractivity contribution in [1.82, 2.24) is 14.9 Å². The van der Waals surface area contributed by atoms with Crippen molar-refractivity contribution in [2.24, 2.45) is 0 Å². The lowest BCUT2D eigenvalue weighted by Crippen LogP contribution is -2.57. The Morgan fingerprint density at radius 1 is 1.22 bits per heavy atom. The fourth-order valence-corrected chi connectivity index (χ4v) is 4.35. The molecule has 8 nitrogen and oxygen atoms in total. The molecule has 0 aromatic carbocycles. The molecule has 27 heavy (non-hydrogen) atoms. The van der Waals surface area contributed by atoms with E-state index in [1.54, 1.807) is 0 Å². The first-order valence-electron chi connectivity index (χ1n) is 9.51. The molecule has 2 unspecified atom stereocenters. The minimum absolute atomic E-state index is 0.0605. The summed E-state index contributed by atoms with van der Waals surface area (Å²) in [6, 6.07) is 0.190. The Balaban J connectivity index is 1.60. The predicted octanol–water partition coefficient (Wildman–Crippen LogP) is 2.29. The summed E-state index contributed by atoms with van der Waals surface area (Å²) in [5, 5.41) is 2.86. The summed E-state index contributed by atoms with van der Waals surface area (Å²) in [4.78, 5) is 37.9. The summed E-state index contributed by atoms with van der Waals surface area (Å²) in [5.74, 6) is 1.33. The Labute approximate surface area is 159 Å². The number of nitrogens with zero attached hydrogens (tertiary/aromatic N) is 4. The Morgan fingerprint density at radius 2 is 1.85 bits per heavy atom. The fourth-order valence-electron chi connectivity index (χ4n) is 4.35. The number of carbonyl (C=O) groups excluding carboxylic acids is 2. The van der Waals surface area contributed by atoms with Crippen LogP contribution in [0, 0.1) is 0 Å². The molecule has 0 spiro atoms. The Bertz CT molecular complexity index is 787. The number of rotatable bonds is 1. The topological polar surface area (TPSA) is 87.7 Å². The highest BCUT2D eigenvalue weighted by molar-refractivity contribution is 6.06. The van der Waals surface area contributed by atoms with Gasteiger partial charge in [-0.2, -0.15) is 0 Å². The smallest absolute Gasteiger partial charge is 0.410 e. The molecule has 3 aliphatic heterocycles. The van der Waals surface area contributed by atoms with Crippen molar-refractivity contribution < 1.29 is 14.3 Å². The van der Waals surface area contributed by atoms with Crippen LogP contribution in [0.1, 0.15) is 53.0 Å². The first kappa shape index (κ1) is 18.0. The molecule has 2 bridgehead atoms. The van der Waals surface area contributed by atoms with Gasteiger partial charge in [-0.05, 0) is 47.5 Å². The quantitative estimate of drug-likeness (QED) is 0.813. The molecule has 2 amide bonds. The van der Waals surface area contributed by atoms with Crippen molar-refractivity contribution in [1.29, 1.82) is 0 Å². The zero-order chi connectivity index (χ0) is 19.6. The number of hydrogen-bond donors (Lipinski definition) is 1. The van der Waals surface area contributed by atoms with E-state index in [0.717, 1.165) is 24.2 Å². The third-order valence-electron chi connectivity index (χ3n) is 5.64. The molecule has 3 aliphatic rings. The number of aromatic nitrogens is 2. The van der Waals surface area contributed by atoms with Crippen LogP contribution in [0.2, 0.25) is 0 Å². The Kier molecular flexibility index (Phi) is 3.87. The van der Waals surface area contributed by atoms with Crippen molar-refractivity contribution in [3.63, 3.8) is 0 Å². The minimum atomic E-state index is -0.673. The Hall–Kier alpha value is -2.38. The lowest BCUT2D eigenvalue weighted by atomic mass is 9.86. The van der Waals surface area contributed by atoms with Crippen LogP contribution >= 0.6 is 0 Å². The Morgan fingerprint density at radius 3 is 2.44 bits per heavy atom. The molecule has 8 heteroatoms. The summed E-state index contributed by atoms with van der Waals surface area (Å²) in [6.45, 7) is 10.8. The van der Waals surface area contributed by atoms with Crippen LogP contribution in [0.3, 0.4) is 0 Å². The molecule has 0 saturated carbocycles. The second-order valence-electron chi connectivity index (χ2n) is 9.18. The zero-order valence-corrected chi connectivity index (χ0v) is 16.6. The molecule has 146 valence electrons. The van der Waals surface area contributed by atoms with Crippen LogP contribution in [0.25, 0.3) is 0 Å². The zero-order valence-electron chi connectivity index (χ0n) is 16.6. The summed E-state index contributed by atoms with van der Waals surface area (Å²) < 4.78 is 5.61. The van der Waals surface area contributed by atoms with Gasteiger partial charge in [0.25, 0.3) is 0 Å². The van der Waals surface area contributed by atoms with E-state index in [4.69, 9.17) is 4.74 Å². The first-order valence-corrected chi connectivity index (χ1v) is 9.51. The van der Waals surface area contributed by atoms with E-state index in [1.165, 1.54) is 6.33 Å². The fraction of sp³-hybridized carbons (Fsp3) is 0.684. The third kappa shape index (κ3) is 2.91. The van der Waals surface area contributed by atoms with Crippen LogP contribution < -0.4 is 10.2 Å². The molecule has 2 fully saturated rings. The number of carbonyl (C=O) groups is 2. The lowest BCUT2D eigenvalue weighted by Gasteiger charge is -2.42. The SMILES string of the molecule is CC(C)(C)OC(=O)N1C2CCC1CN(c1ncnc3c1C(C)(C)C(=O)N3)C2. The van der Waals surface area contributed by atoms with Crippen molar-refractivity contribution in [3.8, 4) is 0 Å². The van der Waals surface area contributed by atoms with Gasteiger partial charge in [0.2, 0.25) is 5.91 Å². The summed E-state index contributed by atoms with van der Waals surface area (Å²) in [6.07, 6.45) is 3.17. The number of piperazine rings is 1. The second kappa shape index (κ2) is 5.81. The third-order valence-corrected chi connectivity index (χ3v) is 5.64. The number of nitrogens with one attached hydrogen (secondary N) is 1. The van der Waals surface area contributed by atoms with E-state index in [-0.39, 0.29) is 24.1 Å². The van der Waals surface area contributed by atoms with E-state index in [0.29, 0.717) is 18.9 Å². The summed E-state index contributed by atoms with van der Waals surface area (Å²) in [5.41, 5.74) is -0.329. The van der Waals surface area contributed by atoms with Crippen LogP contribution in [0.15, 0.2) is 6.33 Å². The highest BCUT2D eigenvalue weighted by Gasteiger charge is 2.48. The molecule has 2 saturated heterocycles. The van der Waals surface area contributed by atoms with E-state index < -0.39 is 11.0 Å². The first-order chi connectivity index (χ1) is 12.6. The van der Waals surface area contributed by atoms with Crippen LogP contribution in [0.4, 0.5) is 16.4 Å². The van der Waals surface area contributed by atoms with Gasteiger partial charge in [-0.1, -0.05) is 0 Å². The number of amides is 2. The molecule has 4 heterocycles. The normalized spacial score (nSPS) is 26.0. The van der Waals surface area contributed by atoms with E-state index in [9.17, 15) is 9.59 Å². The average Bonchev–Trinajstić information content (AvgIpc) is 2.96. The van der Waals surface area contributed by atoms with Crippen molar-refractivity contribution >= 4 is 23.6 Å². The van der Waals surface area contributed by atoms with Crippen LogP contribution in [-0.4, -0.2) is 57.6 Å². The lowest BCUT2D eigenvalue weighted by molar-refractivity contribution is -0.119. The van der Waals surface area contributed by atoms with Gasteiger partial charge in [-0.15, -0.1) is 0 Å². The number of hydrogen-bond acceptors (Lipinski definition) is 6. The average molecular weight is 373 g/mol. The van der Waals surface area contributed by atoms with Gasteiger partial charge in [-0.25, -0.2) is 14.8 Å². The molecule has 1 N–H and O–H groups in total. The second-order valence-corrected chi connectivity index (χ2v) is 9.18. The van der Waals surface area contributed by atoms with Crippen molar-refractivity contribution in [2.45, 2.75) is 70.6 Å². The number of fused-ring (bicyclic) bond motifs is 3. The largest absolute Gasteiger partial charge is 0.444 e. The van der Waals surface area contributed by atoms with Gasteiger partial charge < -0.3 is 15.0 Å². The predicted molar refractivity (Wildman–Crippen MR) is 101 cm³/mol. The molecule has 0 radical (unpaired) electrons. The maximum Gasteiger partial charge on any atom is 0.410 e. The van der Waals surface area contributed by atoms with Gasteiger partial charge in [0.15, 0.2) is 0 Å². The molecule has 2 atom stereocenters. The summed E-state index contributed by atoms with van der Waals surface area (Å²) in [7, 11) is 0. The van der Waals surface area contributed by atoms with Crippen LogP contribution in [-0.2, 0) is 14.9 Å². The van der Waals surface area contributed by atoms with Crippen molar-refractivity contribution in [3.05, 3.63) is 11.9 Å². The minimum Gasteiger partial charge on any atom is -0.444 e. The maximum atomic E-state index is 12.7. The van der Waals surface area contributed by atoms with Gasteiger partial charge in [-0.3, -0.25) is 9.69 Å². The van der Waals surface area contributed by atoms with E-state index >= 15 is 0 Å². The number of ether oxygens (including phenoxy) is 1. The molecule has 0 aliphatic carbocycles. The molecule has 1 aromatic heterocycles. The van der Waals surface area contributed by atoms with Gasteiger partial charge in [0.1, 0.15) is 23.6 Å². The monoisotopic (exact) mass is 373 g/mol. The van der Waals surface area contributed by atoms with Gasteiger partial charge in [0, 0.05) is 13.1 Å². The van der Waals surface area contributed by atoms with E-state index in [1.807, 2.05) is 39.5 Å². The molecular weight excluding hydrogens is 346 g/mol. The van der Waals surface area contributed by atoms with Crippen LogP contribution in [0.5, 0.6) is 0 Å². The van der Waals surface area contributed by atoms with Gasteiger partial charge in [0.05, 0.1) is 23.1 Å².